The van der Waals surface area contributed by atoms with Crippen molar-refractivity contribution in [1.29, 1.82) is 0 Å². The Hall–Kier alpha value is -1.07. The van der Waals surface area contributed by atoms with E-state index in [0.29, 0.717) is 5.69 Å². The van der Waals surface area contributed by atoms with Crippen LogP contribution in [0.4, 0.5) is 5.69 Å². The van der Waals surface area contributed by atoms with Gasteiger partial charge in [0.05, 0.1) is 5.69 Å². The fourth-order valence-corrected chi connectivity index (χ4v) is 2.53. The number of primary sulfonamides is 1. The highest BCUT2D eigenvalue weighted by Gasteiger charge is 2.12. The molecule has 0 fully saturated rings. The molecular formula is C13H22N2O2S. The number of sulfonamides is 1. The van der Waals surface area contributed by atoms with E-state index in [4.69, 9.17) is 5.14 Å². The average Bonchev–Trinajstić information content (AvgIpc) is 2.33. The summed E-state index contributed by atoms with van der Waals surface area (Å²) in [6, 6.07) is 6.74. The third-order valence-electron chi connectivity index (χ3n) is 2.79. The topological polar surface area (TPSA) is 72.2 Å². The summed E-state index contributed by atoms with van der Waals surface area (Å²) in [5.74, 6) is 0. The van der Waals surface area contributed by atoms with E-state index < -0.39 is 10.0 Å². The largest absolute Gasteiger partial charge is 0.384 e. The van der Waals surface area contributed by atoms with Gasteiger partial charge in [-0.25, -0.2) is 13.6 Å². The molecular weight excluding hydrogens is 248 g/mol. The van der Waals surface area contributed by atoms with Gasteiger partial charge in [0.1, 0.15) is 4.90 Å². The van der Waals surface area contributed by atoms with E-state index in [0.717, 1.165) is 13.0 Å². The van der Waals surface area contributed by atoms with Crippen LogP contribution in [0.5, 0.6) is 0 Å². The third kappa shape index (κ3) is 5.06. The molecule has 0 aliphatic carbocycles. The van der Waals surface area contributed by atoms with E-state index >= 15 is 0 Å². The van der Waals surface area contributed by atoms with Crippen molar-refractivity contribution >= 4 is 15.7 Å². The van der Waals surface area contributed by atoms with Crippen molar-refractivity contribution in [3.05, 3.63) is 24.3 Å². The van der Waals surface area contributed by atoms with Gasteiger partial charge in [0.25, 0.3) is 0 Å². The molecule has 0 saturated heterocycles. The van der Waals surface area contributed by atoms with Crippen molar-refractivity contribution in [3.8, 4) is 0 Å². The maximum atomic E-state index is 11.4. The zero-order valence-electron chi connectivity index (χ0n) is 10.9. The molecule has 5 heteroatoms. The van der Waals surface area contributed by atoms with Crippen LogP contribution in [-0.2, 0) is 10.0 Å². The number of nitrogens with one attached hydrogen (secondary N) is 1. The minimum absolute atomic E-state index is 0.165. The molecule has 0 radical (unpaired) electrons. The predicted molar refractivity (Wildman–Crippen MR) is 75.1 cm³/mol. The summed E-state index contributed by atoms with van der Waals surface area (Å²) >= 11 is 0. The molecule has 0 heterocycles. The lowest BCUT2D eigenvalue weighted by molar-refractivity contribution is 0.598. The number of unbranched alkanes of at least 4 members (excludes halogenated alkanes) is 4. The lowest BCUT2D eigenvalue weighted by atomic mass is 10.1. The van der Waals surface area contributed by atoms with Crippen LogP contribution in [0.15, 0.2) is 29.2 Å². The van der Waals surface area contributed by atoms with Gasteiger partial charge in [-0.05, 0) is 18.6 Å². The molecule has 0 aromatic heterocycles. The number of benzene rings is 1. The molecule has 1 rings (SSSR count). The molecule has 0 amide bonds. The van der Waals surface area contributed by atoms with Crippen LogP contribution in [0.3, 0.4) is 0 Å². The number of hydrogen-bond donors (Lipinski definition) is 2. The Labute approximate surface area is 110 Å². The van der Waals surface area contributed by atoms with Crippen molar-refractivity contribution in [2.75, 3.05) is 11.9 Å². The Kier molecular flexibility index (Phi) is 6.15. The van der Waals surface area contributed by atoms with E-state index in [2.05, 4.69) is 12.2 Å². The second kappa shape index (κ2) is 7.38. The molecule has 0 spiro atoms. The van der Waals surface area contributed by atoms with Gasteiger partial charge in [0.2, 0.25) is 10.0 Å². The van der Waals surface area contributed by atoms with E-state index in [1.807, 2.05) is 0 Å². The Balaban J connectivity index is 2.48. The van der Waals surface area contributed by atoms with Crippen molar-refractivity contribution in [2.45, 2.75) is 43.9 Å². The zero-order valence-corrected chi connectivity index (χ0v) is 11.7. The van der Waals surface area contributed by atoms with Gasteiger partial charge in [-0.1, -0.05) is 44.7 Å². The van der Waals surface area contributed by atoms with E-state index in [-0.39, 0.29) is 4.90 Å². The van der Waals surface area contributed by atoms with E-state index in [1.165, 1.54) is 31.7 Å². The first-order valence-electron chi connectivity index (χ1n) is 6.41. The van der Waals surface area contributed by atoms with E-state index in [9.17, 15) is 8.42 Å². The van der Waals surface area contributed by atoms with Crippen LogP contribution >= 0.6 is 0 Å². The summed E-state index contributed by atoms with van der Waals surface area (Å²) in [7, 11) is -3.65. The van der Waals surface area contributed by atoms with Crippen molar-refractivity contribution in [3.63, 3.8) is 0 Å². The number of hydrogen-bond acceptors (Lipinski definition) is 3. The minimum atomic E-state index is -3.65. The molecule has 0 unspecified atom stereocenters. The van der Waals surface area contributed by atoms with Crippen LogP contribution in [0.25, 0.3) is 0 Å². The summed E-state index contributed by atoms with van der Waals surface area (Å²) in [5, 5.41) is 8.30. The second-order valence-corrected chi connectivity index (χ2v) is 5.91. The molecule has 1 aromatic rings. The second-order valence-electron chi connectivity index (χ2n) is 4.38. The summed E-state index contributed by atoms with van der Waals surface area (Å²) in [5.41, 5.74) is 0.593. The van der Waals surface area contributed by atoms with Gasteiger partial charge in [-0.15, -0.1) is 0 Å². The molecule has 0 aliphatic rings. The molecule has 18 heavy (non-hydrogen) atoms. The van der Waals surface area contributed by atoms with Crippen molar-refractivity contribution in [1.82, 2.24) is 0 Å². The van der Waals surface area contributed by atoms with Crippen LogP contribution in [0, 0.1) is 0 Å². The summed E-state index contributed by atoms with van der Waals surface area (Å²) in [4.78, 5) is 0.165. The number of nitrogens with two attached hydrogens (primary N) is 1. The average molecular weight is 270 g/mol. The number of rotatable bonds is 8. The monoisotopic (exact) mass is 270 g/mol. The molecule has 0 bridgehead atoms. The Morgan fingerprint density at radius 1 is 1.11 bits per heavy atom. The quantitative estimate of drug-likeness (QED) is 0.713. The maximum absolute atomic E-state index is 11.4. The van der Waals surface area contributed by atoms with E-state index in [1.54, 1.807) is 18.2 Å². The highest BCUT2D eigenvalue weighted by molar-refractivity contribution is 7.89. The van der Waals surface area contributed by atoms with Gasteiger partial charge >= 0.3 is 0 Å². The van der Waals surface area contributed by atoms with Crippen LogP contribution < -0.4 is 10.5 Å². The van der Waals surface area contributed by atoms with Crippen LogP contribution in [0.2, 0.25) is 0 Å². The number of para-hydroxylation sites is 1. The van der Waals surface area contributed by atoms with Gasteiger partial charge in [0.15, 0.2) is 0 Å². The first-order valence-corrected chi connectivity index (χ1v) is 7.96. The Morgan fingerprint density at radius 3 is 2.44 bits per heavy atom. The van der Waals surface area contributed by atoms with Crippen molar-refractivity contribution in [2.24, 2.45) is 5.14 Å². The smallest absolute Gasteiger partial charge is 0.240 e. The normalized spacial score (nSPS) is 11.4. The minimum Gasteiger partial charge on any atom is -0.384 e. The molecule has 0 saturated carbocycles. The summed E-state index contributed by atoms with van der Waals surface area (Å²) in [6.45, 7) is 2.96. The van der Waals surface area contributed by atoms with Crippen molar-refractivity contribution < 1.29 is 8.42 Å². The zero-order chi connectivity index (χ0) is 13.4. The third-order valence-corrected chi connectivity index (χ3v) is 3.76. The van der Waals surface area contributed by atoms with Crippen LogP contribution in [0.1, 0.15) is 39.0 Å². The highest BCUT2D eigenvalue weighted by atomic mass is 32.2. The maximum Gasteiger partial charge on any atom is 0.240 e. The van der Waals surface area contributed by atoms with Gasteiger partial charge < -0.3 is 5.32 Å². The SMILES string of the molecule is CCCCCCCNc1ccccc1S(N)(=O)=O. The predicted octanol–water partition coefficient (Wildman–Crippen LogP) is 2.72. The van der Waals surface area contributed by atoms with Crippen LogP contribution in [-0.4, -0.2) is 15.0 Å². The molecule has 3 N–H and O–H groups in total. The fourth-order valence-electron chi connectivity index (χ4n) is 1.81. The molecule has 4 nitrogen and oxygen atoms in total. The summed E-state index contributed by atoms with van der Waals surface area (Å²) < 4.78 is 22.7. The lowest BCUT2D eigenvalue weighted by Crippen LogP contribution is -2.15. The van der Waals surface area contributed by atoms with Gasteiger partial charge in [-0.2, -0.15) is 0 Å². The number of anilines is 1. The molecule has 102 valence electrons. The molecule has 1 aromatic carbocycles. The molecule has 0 atom stereocenters. The Morgan fingerprint density at radius 2 is 1.78 bits per heavy atom. The van der Waals surface area contributed by atoms with Gasteiger partial charge in [0, 0.05) is 6.54 Å². The van der Waals surface area contributed by atoms with Gasteiger partial charge in [-0.3, -0.25) is 0 Å². The lowest BCUT2D eigenvalue weighted by Gasteiger charge is -2.10. The fraction of sp³-hybridized carbons (Fsp3) is 0.538. The first-order chi connectivity index (χ1) is 8.55. The summed E-state index contributed by atoms with van der Waals surface area (Å²) in [6.07, 6.45) is 5.92. The molecule has 0 aliphatic heterocycles. The standard InChI is InChI=1S/C13H22N2O2S/c1-2-3-4-5-8-11-15-12-9-6-7-10-13(12)18(14,16)17/h6-7,9-10,15H,2-5,8,11H2,1H3,(H2,14,16,17). The Bertz CT molecular complexity index is 458. The highest BCUT2D eigenvalue weighted by Crippen LogP contribution is 2.19. The first kappa shape index (κ1) is 15.0.